The zero-order chi connectivity index (χ0) is 20.9. The van der Waals surface area contributed by atoms with Crippen LogP contribution in [0.5, 0.6) is 17.2 Å². The normalized spacial score (nSPS) is 15.4. The number of sulfonamides is 1. The molecule has 1 heterocycles. The summed E-state index contributed by atoms with van der Waals surface area (Å²) in [6.45, 7) is 1.56. The summed E-state index contributed by atoms with van der Waals surface area (Å²) in [7, 11) is 1.12. The number of ether oxygens (including phenoxy) is 4. The van der Waals surface area contributed by atoms with Crippen molar-refractivity contribution in [3.05, 3.63) is 42.0 Å². The molecule has 1 aliphatic heterocycles. The summed E-state index contributed by atoms with van der Waals surface area (Å²) in [6.07, 6.45) is 1.65. The van der Waals surface area contributed by atoms with E-state index in [9.17, 15) is 8.42 Å². The van der Waals surface area contributed by atoms with Crippen LogP contribution in [-0.2, 0) is 14.8 Å². The molecule has 0 aliphatic carbocycles. The number of rotatable bonds is 7. The molecule has 0 spiro atoms. The first kappa shape index (κ1) is 21.1. The molecule has 1 saturated heterocycles. The Bertz CT molecular complexity index is 942. The number of aliphatic imine (C=N–C) groups is 1. The maximum atomic E-state index is 12.7. The monoisotopic (exact) mass is 420 g/mol. The van der Waals surface area contributed by atoms with Crippen molar-refractivity contribution in [2.75, 3.05) is 47.6 Å². The summed E-state index contributed by atoms with van der Waals surface area (Å²) in [5, 5.41) is 0. The average Bonchev–Trinajstić information content (AvgIpc) is 2.77. The van der Waals surface area contributed by atoms with Crippen LogP contribution < -0.4 is 14.2 Å². The molecule has 29 heavy (non-hydrogen) atoms. The van der Waals surface area contributed by atoms with Gasteiger partial charge < -0.3 is 18.9 Å². The highest BCUT2D eigenvalue weighted by Crippen LogP contribution is 2.37. The highest BCUT2D eigenvalue weighted by Gasteiger charge is 2.26. The second-order valence-electron chi connectivity index (χ2n) is 6.23. The summed E-state index contributed by atoms with van der Waals surface area (Å²) in [6, 6.07) is 10.0. The number of morpholine rings is 1. The smallest absolute Gasteiger partial charge is 0.243 e. The fourth-order valence-electron chi connectivity index (χ4n) is 2.97. The molecule has 0 atom stereocenters. The SMILES string of the molecule is COc1cc(C=Nc2ccc(S(=O)(=O)N3CCOCC3)cc2)cc(OC)c1OC. The van der Waals surface area contributed by atoms with E-state index in [2.05, 4.69) is 4.99 Å². The minimum atomic E-state index is -3.52. The van der Waals surface area contributed by atoms with Gasteiger partial charge in [0.2, 0.25) is 15.8 Å². The fraction of sp³-hybridized carbons (Fsp3) is 0.350. The van der Waals surface area contributed by atoms with Gasteiger partial charge in [0.15, 0.2) is 11.5 Å². The van der Waals surface area contributed by atoms with Crippen molar-refractivity contribution in [3.63, 3.8) is 0 Å². The second kappa shape index (κ2) is 9.25. The molecule has 0 bridgehead atoms. The fourth-order valence-corrected chi connectivity index (χ4v) is 4.37. The third-order valence-corrected chi connectivity index (χ3v) is 6.41. The van der Waals surface area contributed by atoms with E-state index in [0.717, 1.165) is 5.56 Å². The van der Waals surface area contributed by atoms with E-state index in [1.807, 2.05) is 0 Å². The molecular weight excluding hydrogens is 396 g/mol. The Balaban J connectivity index is 1.80. The van der Waals surface area contributed by atoms with Crippen LogP contribution in [0.2, 0.25) is 0 Å². The van der Waals surface area contributed by atoms with Crippen LogP contribution in [0.3, 0.4) is 0 Å². The van der Waals surface area contributed by atoms with Gasteiger partial charge in [-0.1, -0.05) is 0 Å². The Kier molecular flexibility index (Phi) is 6.73. The predicted octanol–water partition coefficient (Wildman–Crippen LogP) is 2.48. The predicted molar refractivity (Wildman–Crippen MR) is 109 cm³/mol. The van der Waals surface area contributed by atoms with E-state index in [1.54, 1.807) is 63.9 Å². The van der Waals surface area contributed by atoms with E-state index < -0.39 is 10.0 Å². The third-order valence-electron chi connectivity index (χ3n) is 4.49. The molecule has 1 aliphatic rings. The summed E-state index contributed by atoms with van der Waals surface area (Å²) in [4.78, 5) is 4.65. The molecule has 2 aromatic rings. The van der Waals surface area contributed by atoms with Crippen LogP contribution in [0.15, 0.2) is 46.3 Å². The molecule has 0 amide bonds. The number of nitrogens with zero attached hydrogens (tertiary/aromatic N) is 2. The van der Waals surface area contributed by atoms with Gasteiger partial charge in [-0.3, -0.25) is 4.99 Å². The Morgan fingerprint density at radius 2 is 1.55 bits per heavy atom. The average molecular weight is 420 g/mol. The Labute approximate surface area is 170 Å². The molecule has 8 nitrogen and oxygen atoms in total. The third kappa shape index (κ3) is 4.69. The van der Waals surface area contributed by atoms with Gasteiger partial charge in [-0.05, 0) is 36.4 Å². The summed E-state index contributed by atoms with van der Waals surface area (Å²) >= 11 is 0. The van der Waals surface area contributed by atoms with Crippen molar-refractivity contribution in [1.29, 1.82) is 0 Å². The number of benzene rings is 2. The van der Waals surface area contributed by atoms with Crippen LogP contribution >= 0.6 is 0 Å². The molecular formula is C20H24N2O6S. The molecule has 0 saturated carbocycles. The standard InChI is InChI=1S/C20H24N2O6S/c1-25-18-12-15(13-19(26-2)20(18)27-3)14-21-16-4-6-17(7-5-16)29(23,24)22-8-10-28-11-9-22/h4-7,12-14H,8-11H2,1-3H3. The first-order valence-corrected chi connectivity index (χ1v) is 10.5. The maximum Gasteiger partial charge on any atom is 0.243 e. The van der Waals surface area contributed by atoms with Gasteiger partial charge in [-0.25, -0.2) is 8.42 Å². The minimum absolute atomic E-state index is 0.242. The lowest BCUT2D eigenvalue weighted by Crippen LogP contribution is -2.40. The van der Waals surface area contributed by atoms with E-state index in [1.165, 1.54) is 4.31 Å². The lowest BCUT2D eigenvalue weighted by Gasteiger charge is -2.26. The van der Waals surface area contributed by atoms with Gasteiger partial charge in [0, 0.05) is 24.9 Å². The summed E-state index contributed by atoms with van der Waals surface area (Å²) < 4.78 is 48.0. The van der Waals surface area contributed by atoms with E-state index in [-0.39, 0.29) is 4.90 Å². The zero-order valence-corrected chi connectivity index (χ0v) is 17.4. The number of hydrogen-bond acceptors (Lipinski definition) is 7. The van der Waals surface area contributed by atoms with Gasteiger partial charge in [0.25, 0.3) is 0 Å². The molecule has 3 rings (SSSR count). The van der Waals surface area contributed by atoms with Crippen molar-refractivity contribution in [2.24, 2.45) is 4.99 Å². The molecule has 0 radical (unpaired) electrons. The molecule has 0 unspecified atom stereocenters. The van der Waals surface area contributed by atoms with Crippen LogP contribution in [0.1, 0.15) is 5.56 Å². The van der Waals surface area contributed by atoms with E-state index in [0.29, 0.717) is 49.2 Å². The Morgan fingerprint density at radius 1 is 0.966 bits per heavy atom. The van der Waals surface area contributed by atoms with Crippen molar-refractivity contribution in [2.45, 2.75) is 4.90 Å². The molecule has 0 aromatic heterocycles. The largest absolute Gasteiger partial charge is 0.493 e. The molecule has 0 N–H and O–H groups in total. The molecule has 156 valence electrons. The van der Waals surface area contributed by atoms with Gasteiger partial charge in [-0.15, -0.1) is 0 Å². The Hall–Kier alpha value is -2.62. The quantitative estimate of drug-likeness (QED) is 0.640. The first-order chi connectivity index (χ1) is 14.0. The van der Waals surface area contributed by atoms with Crippen LogP contribution in [-0.4, -0.2) is 66.6 Å². The topological polar surface area (TPSA) is 86.7 Å². The summed E-state index contributed by atoms with van der Waals surface area (Å²) in [5.74, 6) is 1.56. The van der Waals surface area contributed by atoms with Gasteiger partial charge in [0.05, 0.1) is 45.1 Å². The highest BCUT2D eigenvalue weighted by molar-refractivity contribution is 7.89. The maximum absolute atomic E-state index is 12.7. The molecule has 9 heteroatoms. The second-order valence-corrected chi connectivity index (χ2v) is 8.17. The van der Waals surface area contributed by atoms with E-state index >= 15 is 0 Å². The van der Waals surface area contributed by atoms with Crippen molar-refractivity contribution >= 4 is 21.9 Å². The van der Waals surface area contributed by atoms with Gasteiger partial charge in [0.1, 0.15) is 0 Å². The van der Waals surface area contributed by atoms with Crippen LogP contribution in [0.4, 0.5) is 5.69 Å². The number of hydrogen-bond donors (Lipinski definition) is 0. The van der Waals surface area contributed by atoms with Crippen LogP contribution in [0, 0.1) is 0 Å². The van der Waals surface area contributed by atoms with E-state index in [4.69, 9.17) is 18.9 Å². The van der Waals surface area contributed by atoms with Crippen LogP contribution in [0.25, 0.3) is 0 Å². The minimum Gasteiger partial charge on any atom is -0.493 e. The van der Waals surface area contributed by atoms with Gasteiger partial charge >= 0.3 is 0 Å². The Morgan fingerprint density at radius 3 is 2.07 bits per heavy atom. The summed E-state index contributed by atoms with van der Waals surface area (Å²) in [5.41, 5.74) is 1.38. The van der Waals surface area contributed by atoms with Crippen molar-refractivity contribution < 1.29 is 27.4 Å². The lowest BCUT2D eigenvalue weighted by molar-refractivity contribution is 0.0730. The highest BCUT2D eigenvalue weighted by atomic mass is 32.2. The zero-order valence-electron chi connectivity index (χ0n) is 16.6. The van der Waals surface area contributed by atoms with Gasteiger partial charge in [-0.2, -0.15) is 4.31 Å². The lowest BCUT2D eigenvalue weighted by atomic mass is 10.2. The van der Waals surface area contributed by atoms with Crippen molar-refractivity contribution in [1.82, 2.24) is 4.31 Å². The number of methoxy groups -OCH3 is 3. The van der Waals surface area contributed by atoms with Crippen molar-refractivity contribution in [3.8, 4) is 17.2 Å². The first-order valence-electron chi connectivity index (χ1n) is 9.01. The molecule has 1 fully saturated rings. The molecule has 2 aromatic carbocycles.